The maximum Gasteiger partial charge on any atom is 0.270 e. The largest absolute Gasteiger partial charge is 0.349 e. The van der Waals surface area contributed by atoms with Crippen molar-refractivity contribution in [2.45, 2.75) is 19.9 Å². The van der Waals surface area contributed by atoms with Crippen LogP contribution >= 0.6 is 11.3 Å². The van der Waals surface area contributed by atoms with E-state index in [1.54, 1.807) is 0 Å². The van der Waals surface area contributed by atoms with Crippen LogP contribution in [-0.2, 0) is 0 Å². The molecule has 0 radical (unpaired) electrons. The van der Waals surface area contributed by atoms with Gasteiger partial charge in [-0.3, -0.25) is 9.78 Å². The van der Waals surface area contributed by atoms with Crippen molar-refractivity contribution in [3.8, 4) is 10.4 Å². The van der Waals surface area contributed by atoms with Crippen LogP contribution in [-0.4, -0.2) is 9.97 Å². The Morgan fingerprint density at radius 3 is 2.54 bits per heavy atom. The van der Waals surface area contributed by atoms with Gasteiger partial charge < -0.3 is 5.32 Å². The summed E-state index contributed by atoms with van der Waals surface area (Å²) in [5, 5.41) is 3.29. The molecule has 26 heavy (non-hydrogen) atoms. The van der Waals surface area contributed by atoms with Gasteiger partial charge in [0.15, 0.2) is 0 Å². The normalized spacial score (nSPS) is 12.2. The van der Waals surface area contributed by atoms with Gasteiger partial charge in [-0.25, -0.2) is 4.98 Å². The quantitative estimate of drug-likeness (QED) is 0.529. The summed E-state index contributed by atoms with van der Waals surface area (Å²) >= 11 is 1.47. The summed E-state index contributed by atoms with van der Waals surface area (Å²) in [7, 11) is 0. The summed E-state index contributed by atoms with van der Waals surface area (Å²) in [4.78, 5) is 21.0. The number of fused-ring (bicyclic) bond motifs is 1. The number of nitrogens with one attached hydrogen (secondary N) is 2. The number of aryl methyl sites for hydroxylation is 1. The zero-order valence-corrected chi connectivity index (χ0v) is 15.4. The van der Waals surface area contributed by atoms with Gasteiger partial charge in [-0.05, 0) is 31.0 Å². The lowest BCUT2D eigenvalue weighted by atomic mass is 10.1. The van der Waals surface area contributed by atoms with Crippen molar-refractivity contribution in [1.29, 1.82) is 0 Å². The van der Waals surface area contributed by atoms with E-state index >= 15 is 0 Å². The molecule has 0 fully saturated rings. The van der Waals surface area contributed by atoms with Gasteiger partial charge in [0.2, 0.25) is 5.95 Å². The van der Waals surface area contributed by atoms with E-state index in [4.69, 9.17) is 0 Å². The minimum atomic E-state index is -0.110. The summed E-state index contributed by atoms with van der Waals surface area (Å²) in [6.07, 6.45) is 0. The van der Waals surface area contributed by atoms with Crippen LogP contribution < -0.4 is 10.9 Å². The van der Waals surface area contributed by atoms with Gasteiger partial charge in [0, 0.05) is 4.88 Å². The Morgan fingerprint density at radius 1 is 1.08 bits per heavy atom. The molecule has 0 saturated carbocycles. The third kappa shape index (κ3) is 3.26. The van der Waals surface area contributed by atoms with E-state index < -0.39 is 0 Å². The highest BCUT2D eigenvalue weighted by molar-refractivity contribution is 7.22. The van der Waals surface area contributed by atoms with Crippen molar-refractivity contribution in [3.63, 3.8) is 0 Å². The highest BCUT2D eigenvalue weighted by atomic mass is 32.1. The molecule has 0 aliphatic carbocycles. The van der Waals surface area contributed by atoms with E-state index in [2.05, 4.69) is 46.5 Å². The van der Waals surface area contributed by atoms with E-state index in [9.17, 15) is 4.79 Å². The Kier molecular flexibility index (Phi) is 4.31. The summed E-state index contributed by atoms with van der Waals surface area (Å²) in [6.45, 7) is 4.11. The number of rotatable bonds is 4. The first-order chi connectivity index (χ1) is 12.6. The fourth-order valence-corrected chi connectivity index (χ4v) is 3.90. The van der Waals surface area contributed by atoms with E-state index in [0.717, 1.165) is 21.5 Å². The molecule has 1 unspecified atom stereocenters. The van der Waals surface area contributed by atoms with Crippen LogP contribution in [0.1, 0.15) is 24.1 Å². The molecule has 1 atom stereocenters. The van der Waals surface area contributed by atoms with Crippen molar-refractivity contribution in [2.75, 3.05) is 5.32 Å². The third-order valence-electron chi connectivity index (χ3n) is 4.37. The summed E-state index contributed by atoms with van der Waals surface area (Å²) in [6, 6.07) is 20.4. The fraction of sp³-hybridized carbons (Fsp3) is 0.143. The van der Waals surface area contributed by atoms with E-state index in [-0.39, 0.29) is 11.6 Å². The summed E-state index contributed by atoms with van der Waals surface area (Å²) in [5.74, 6) is 0.493. The number of H-pyrrole nitrogens is 1. The first-order valence-electron chi connectivity index (χ1n) is 8.52. The predicted molar refractivity (Wildman–Crippen MR) is 109 cm³/mol. The van der Waals surface area contributed by atoms with E-state index in [0.29, 0.717) is 10.6 Å². The van der Waals surface area contributed by atoms with Gasteiger partial charge >= 0.3 is 0 Å². The second-order valence-corrected chi connectivity index (χ2v) is 7.43. The van der Waals surface area contributed by atoms with E-state index in [1.807, 2.05) is 43.3 Å². The molecule has 4 nitrogen and oxygen atoms in total. The molecule has 4 rings (SSSR count). The molecule has 0 saturated heterocycles. The van der Waals surface area contributed by atoms with Crippen molar-refractivity contribution in [3.05, 3.63) is 82.1 Å². The molecular formula is C21H19N3OS. The molecule has 0 spiro atoms. The molecule has 2 heterocycles. The molecule has 2 aromatic carbocycles. The second-order valence-electron chi connectivity index (χ2n) is 6.38. The number of hydrogen-bond donors (Lipinski definition) is 2. The number of benzene rings is 2. The molecule has 4 aromatic rings. The van der Waals surface area contributed by atoms with Gasteiger partial charge in [0.25, 0.3) is 5.56 Å². The first kappa shape index (κ1) is 16.5. The molecule has 2 aromatic heterocycles. The number of aromatic amines is 1. The van der Waals surface area contributed by atoms with Crippen LogP contribution in [0, 0.1) is 6.92 Å². The van der Waals surface area contributed by atoms with Crippen molar-refractivity contribution >= 4 is 27.5 Å². The minimum absolute atomic E-state index is 0.0482. The zero-order valence-electron chi connectivity index (χ0n) is 14.6. The monoisotopic (exact) mass is 361 g/mol. The van der Waals surface area contributed by atoms with Crippen LogP contribution in [0.25, 0.3) is 20.7 Å². The molecule has 0 aliphatic rings. The third-order valence-corrected chi connectivity index (χ3v) is 5.54. The molecule has 130 valence electrons. The first-order valence-corrected chi connectivity index (χ1v) is 9.34. The van der Waals surface area contributed by atoms with Gasteiger partial charge in [0.05, 0.1) is 11.6 Å². The predicted octanol–water partition coefficient (Wildman–Crippen LogP) is 5.13. The van der Waals surface area contributed by atoms with Crippen LogP contribution in [0.15, 0.2) is 65.5 Å². The highest BCUT2D eigenvalue weighted by Crippen LogP contribution is 2.31. The second kappa shape index (κ2) is 6.77. The topological polar surface area (TPSA) is 57.8 Å². The lowest BCUT2D eigenvalue weighted by molar-refractivity contribution is 0.862. The molecule has 5 heteroatoms. The molecule has 0 amide bonds. The van der Waals surface area contributed by atoms with Crippen molar-refractivity contribution in [1.82, 2.24) is 9.97 Å². The van der Waals surface area contributed by atoms with Crippen molar-refractivity contribution < 1.29 is 0 Å². The van der Waals surface area contributed by atoms with Gasteiger partial charge in [-0.1, -0.05) is 60.2 Å². The lowest BCUT2D eigenvalue weighted by Crippen LogP contribution is -2.14. The van der Waals surface area contributed by atoms with Gasteiger partial charge in [-0.15, -0.1) is 11.3 Å². The Balaban J connectivity index is 1.68. The fourth-order valence-electron chi connectivity index (χ4n) is 2.90. The van der Waals surface area contributed by atoms with Crippen LogP contribution in [0.3, 0.4) is 0 Å². The smallest absolute Gasteiger partial charge is 0.270 e. The van der Waals surface area contributed by atoms with Crippen LogP contribution in [0.2, 0.25) is 0 Å². The van der Waals surface area contributed by atoms with Gasteiger partial charge in [-0.2, -0.15) is 0 Å². The Hall–Kier alpha value is -2.92. The van der Waals surface area contributed by atoms with Crippen LogP contribution in [0.5, 0.6) is 0 Å². The number of aromatic nitrogens is 2. The molecule has 0 bridgehead atoms. The van der Waals surface area contributed by atoms with Crippen LogP contribution in [0.4, 0.5) is 5.95 Å². The Bertz CT molecular complexity index is 1100. The summed E-state index contributed by atoms with van der Waals surface area (Å²) in [5.41, 5.74) is 4.07. The average Bonchev–Trinajstić information content (AvgIpc) is 3.08. The van der Waals surface area contributed by atoms with Gasteiger partial charge in [0.1, 0.15) is 4.70 Å². The number of thiophene rings is 1. The SMILES string of the molecule is Cc1ccc(-c2cc3nc(NC(C)c4ccccc4)[nH]c(=O)c3s2)cc1. The maximum atomic E-state index is 12.5. The average molecular weight is 361 g/mol. The Labute approximate surface area is 155 Å². The molecule has 2 N–H and O–H groups in total. The van der Waals surface area contributed by atoms with E-state index in [1.165, 1.54) is 16.9 Å². The number of hydrogen-bond acceptors (Lipinski definition) is 4. The zero-order chi connectivity index (χ0) is 18.1. The minimum Gasteiger partial charge on any atom is -0.349 e. The number of nitrogens with zero attached hydrogens (tertiary/aromatic N) is 1. The summed E-state index contributed by atoms with van der Waals surface area (Å²) < 4.78 is 0.651. The number of anilines is 1. The highest BCUT2D eigenvalue weighted by Gasteiger charge is 2.12. The lowest BCUT2D eigenvalue weighted by Gasteiger charge is -2.14. The standard InChI is InChI=1S/C21H19N3OS/c1-13-8-10-16(11-9-13)18-12-17-19(26-18)20(25)24-21(23-17)22-14(2)15-6-4-3-5-7-15/h3-12,14H,1-2H3,(H2,22,23,24,25). The molecule has 0 aliphatic heterocycles. The molecular weight excluding hydrogens is 342 g/mol. The Morgan fingerprint density at radius 2 is 1.81 bits per heavy atom. The van der Waals surface area contributed by atoms with Crippen molar-refractivity contribution in [2.24, 2.45) is 0 Å². The maximum absolute atomic E-state index is 12.5.